The van der Waals surface area contributed by atoms with Gasteiger partial charge >= 0.3 is 0 Å². The van der Waals surface area contributed by atoms with E-state index in [1.807, 2.05) is 31.2 Å². The normalized spacial score (nSPS) is 15.0. The lowest BCUT2D eigenvalue weighted by Crippen LogP contribution is -2.45. The van der Waals surface area contributed by atoms with Crippen molar-refractivity contribution in [1.29, 1.82) is 0 Å². The van der Waals surface area contributed by atoms with Gasteiger partial charge in [-0.2, -0.15) is 0 Å². The van der Waals surface area contributed by atoms with Gasteiger partial charge in [0.05, 0.1) is 16.3 Å². The van der Waals surface area contributed by atoms with Crippen LogP contribution in [0.15, 0.2) is 58.8 Å². The van der Waals surface area contributed by atoms with Crippen LogP contribution >= 0.6 is 23.1 Å². The van der Waals surface area contributed by atoms with Crippen LogP contribution in [-0.4, -0.2) is 53.4 Å². The number of piperazine rings is 1. The molecule has 0 unspecified atom stereocenters. The monoisotopic (exact) mass is 480 g/mol. The van der Waals surface area contributed by atoms with Gasteiger partial charge in [0.15, 0.2) is 0 Å². The van der Waals surface area contributed by atoms with Crippen molar-refractivity contribution in [3.63, 3.8) is 0 Å². The van der Waals surface area contributed by atoms with E-state index < -0.39 is 0 Å². The smallest absolute Gasteiger partial charge is 0.252 e. The van der Waals surface area contributed by atoms with Crippen LogP contribution in [0, 0.1) is 6.92 Å². The van der Waals surface area contributed by atoms with E-state index in [-0.39, 0.29) is 5.91 Å². The maximum absolute atomic E-state index is 12.9. The van der Waals surface area contributed by atoms with E-state index in [4.69, 9.17) is 0 Å². The van der Waals surface area contributed by atoms with Crippen LogP contribution < -0.4 is 5.32 Å². The fourth-order valence-electron chi connectivity index (χ4n) is 3.97. The van der Waals surface area contributed by atoms with Crippen LogP contribution in [0.2, 0.25) is 0 Å². The molecule has 1 aromatic heterocycles. The molecule has 0 saturated carbocycles. The second-order valence-electron chi connectivity index (χ2n) is 8.35. The second-order valence-corrected chi connectivity index (χ2v) is 10.4. The Hall–Kier alpha value is -2.19. The van der Waals surface area contributed by atoms with Gasteiger partial charge in [-0.15, -0.1) is 23.1 Å². The highest BCUT2D eigenvalue weighted by atomic mass is 32.2. The summed E-state index contributed by atoms with van der Waals surface area (Å²) in [5.41, 5.74) is 4.22. The molecule has 0 bridgehead atoms. The first-order valence-electron chi connectivity index (χ1n) is 11.5. The average molecular weight is 481 g/mol. The van der Waals surface area contributed by atoms with Crippen LogP contribution in [0.4, 0.5) is 0 Å². The molecule has 1 fully saturated rings. The van der Waals surface area contributed by atoms with Gasteiger partial charge in [-0.05, 0) is 36.7 Å². The molecular weight excluding hydrogens is 448 g/mol. The number of aromatic nitrogens is 1. The predicted molar refractivity (Wildman–Crippen MR) is 138 cm³/mol. The van der Waals surface area contributed by atoms with E-state index >= 15 is 0 Å². The van der Waals surface area contributed by atoms with Crippen molar-refractivity contribution < 1.29 is 4.79 Å². The number of carbonyl (C=O) groups is 1. The van der Waals surface area contributed by atoms with Gasteiger partial charge < -0.3 is 10.2 Å². The van der Waals surface area contributed by atoms with Crippen molar-refractivity contribution in [2.45, 2.75) is 37.6 Å². The lowest BCUT2D eigenvalue weighted by Gasteiger charge is -2.34. The van der Waals surface area contributed by atoms with Crippen molar-refractivity contribution in [3.05, 3.63) is 81.3 Å². The third kappa shape index (κ3) is 6.90. The number of nitrogens with zero attached hydrogens (tertiary/aromatic N) is 3. The van der Waals surface area contributed by atoms with E-state index in [1.54, 1.807) is 23.1 Å². The average Bonchev–Trinajstić information content (AvgIpc) is 3.28. The van der Waals surface area contributed by atoms with Gasteiger partial charge in [0.2, 0.25) is 0 Å². The summed E-state index contributed by atoms with van der Waals surface area (Å²) in [5.74, 6) is 0.731. The third-order valence-corrected chi connectivity index (χ3v) is 7.90. The van der Waals surface area contributed by atoms with Gasteiger partial charge in [0, 0.05) is 55.3 Å². The number of hydrogen-bond acceptors (Lipinski definition) is 6. The SMILES string of the molecule is CCN1CCN(Cc2ccc(CNC(=O)c3ccccc3SCc3csc(C)n3)cc2)CC1. The number of aryl methyl sites for hydroxylation is 1. The zero-order valence-electron chi connectivity index (χ0n) is 19.4. The summed E-state index contributed by atoms with van der Waals surface area (Å²) in [6.07, 6.45) is 0. The summed E-state index contributed by atoms with van der Waals surface area (Å²) >= 11 is 3.32. The topological polar surface area (TPSA) is 48.5 Å². The van der Waals surface area contributed by atoms with Crippen molar-refractivity contribution in [2.75, 3.05) is 32.7 Å². The van der Waals surface area contributed by atoms with Crippen LogP contribution in [-0.2, 0) is 18.8 Å². The Bertz CT molecular complexity index is 1040. The number of benzene rings is 2. The molecule has 0 radical (unpaired) electrons. The molecule has 4 rings (SSSR count). The molecule has 0 spiro atoms. The van der Waals surface area contributed by atoms with Crippen LogP contribution in [0.1, 0.15) is 39.1 Å². The fourth-order valence-corrected chi connectivity index (χ4v) is 5.63. The van der Waals surface area contributed by atoms with Crippen molar-refractivity contribution in [3.8, 4) is 0 Å². The van der Waals surface area contributed by atoms with Gasteiger partial charge in [-0.25, -0.2) is 4.98 Å². The number of thioether (sulfide) groups is 1. The Morgan fingerprint density at radius 3 is 2.42 bits per heavy atom. The molecule has 2 heterocycles. The largest absolute Gasteiger partial charge is 0.348 e. The number of nitrogens with one attached hydrogen (secondary N) is 1. The van der Waals surface area contributed by atoms with E-state index in [2.05, 4.69) is 56.7 Å². The molecule has 3 aromatic rings. The number of likely N-dealkylation sites (N-methyl/N-ethyl adjacent to an activating group) is 1. The lowest BCUT2D eigenvalue weighted by atomic mass is 10.1. The molecule has 1 aliphatic rings. The summed E-state index contributed by atoms with van der Waals surface area (Å²) in [6.45, 7) is 11.5. The van der Waals surface area contributed by atoms with Crippen LogP contribution in [0.25, 0.3) is 0 Å². The Kier molecular flexibility index (Phi) is 8.56. The minimum atomic E-state index is -0.0366. The molecule has 0 atom stereocenters. The molecule has 1 saturated heterocycles. The van der Waals surface area contributed by atoms with Crippen molar-refractivity contribution in [1.82, 2.24) is 20.1 Å². The zero-order chi connectivity index (χ0) is 23.0. The number of rotatable bonds is 9. The highest BCUT2D eigenvalue weighted by Gasteiger charge is 2.15. The quantitative estimate of drug-likeness (QED) is 0.446. The minimum absolute atomic E-state index is 0.0366. The Labute approximate surface area is 205 Å². The van der Waals surface area contributed by atoms with E-state index in [1.165, 1.54) is 5.56 Å². The van der Waals surface area contributed by atoms with Gasteiger partial charge in [-0.1, -0.05) is 43.3 Å². The summed E-state index contributed by atoms with van der Waals surface area (Å²) in [7, 11) is 0. The summed E-state index contributed by atoms with van der Waals surface area (Å²) in [5, 5.41) is 6.24. The molecular formula is C26H32N4OS2. The summed E-state index contributed by atoms with van der Waals surface area (Å²) in [6, 6.07) is 16.4. The van der Waals surface area contributed by atoms with Crippen LogP contribution in [0.5, 0.6) is 0 Å². The molecule has 7 heteroatoms. The molecule has 33 heavy (non-hydrogen) atoms. The number of amides is 1. The van der Waals surface area contributed by atoms with Gasteiger partial charge in [0.1, 0.15) is 0 Å². The highest BCUT2D eigenvalue weighted by molar-refractivity contribution is 7.98. The molecule has 2 aromatic carbocycles. The number of carbonyl (C=O) groups excluding carboxylic acids is 1. The summed E-state index contributed by atoms with van der Waals surface area (Å²) < 4.78 is 0. The van der Waals surface area contributed by atoms with Crippen LogP contribution in [0.3, 0.4) is 0 Å². The Balaban J connectivity index is 1.28. The molecule has 0 aliphatic carbocycles. The number of hydrogen-bond donors (Lipinski definition) is 1. The van der Waals surface area contributed by atoms with Gasteiger partial charge in [0.25, 0.3) is 5.91 Å². The zero-order valence-corrected chi connectivity index (χ0v) is 21.1. The maximum atomic E-state index is 12.9. The second kappa shape index (κ2) is 11.8. The first-order chi connectivity index (χ1) is 16.1. The van der Waals surface area contributed by atoms with E-state index in [0.29, 0.717) is 6.54 Å². The Morgan fingerprint density at radius 2 is 1.73 bits per heavy atom. The van der Waals surface area contributed by atoms with E-state index in [9.17, 15) is 4.79 Å². The molecule has 1 N–H and O–H groups in total. The minimum Gasteiger partial charge on any atom is -0.348 e. The lowest BCUT2D eigenvalue weighted by molar-refractivity contribution is 0.0948. The fraction of sp³-hybridized carbons (Fsp3) is 0.385. The number of thiazole rings is 1. The highest BCUT2D eigenvalue weighted by Crippen LogP contribution is 2.27. The standard InChI is InChI=1S/C26H32N4OS2/c1-3-29-12-14-30(15-13-29)17-22-10-8-21(9-11-22)16-27-26(31)24-6-4-5-7-25(24)33-19-23-18-32-20(2)28-23/h4-11,18H,3,12-17,19H2,1-2H3,(H,27,31). The maximum Gasteiger partial charge on any atom is 0.252 e. The molecule has 5 nitrogen and oxygen atoms in total. The van der Waals surface area contributed by atoms with Crippen molar-refractivity contribution in [2.24, 2.45) is 0 Å². The Morgan fingerprint density at radius 1 is 1.03 bits per heavy atom. The third-order valence-electron chi connectivity index (χ3n) is 5.97. The first kappa shape index (κ1) is 24.0. The molecule has 1 amide bonds. The van der Waals surface area contributed by atoms with E-state index in [0.717, 1.165) is 71.7 Å². The molecule has 174 valence electrons. The van der Waals surface area contributed by atoms with Crippen molar-refractivity contribution >= 4 is 29.0 Å². The van der Waals surface area contributed by atoms with Gasteiger partial charge in [-0.3, -0.25) is 9.69 Å². The first-order valence-corrected chi connectivity index (χ1v) is 13.4. The predicted octanol–water partition coefficient (Wildman–Crippen LogP) is 4.81. The molecule has 1 aliphatic heterocycles. The summed E-state index contributed by atoms with van der Waals surface area (Å²) in [4.78, 5) is 23.4.